The number of hydrogen-bond donors (Lipinski definition) is 1. The van der Waals surface area contributed by atoms with Crippen LogP contribution in [0.25, 0.3) is 11.2 Å². The van der Waals surface area contributed by atoms with Crippen molar-refractivity contribution in [1.29, 1.82) is 0 Å². The Hall–Kier alpha value is -3.09. The van der Waals surface area contributed by atoms with Gasteiger partial charge in [-0.2, -0.15) is 10.1 Å². The fourth-order valence-electron chi connectivity index (χ4n) is 3.07. The van der Waals surface area contributed by atoms with Crippen molar-refractivity contribution in [2.24, 2.45) is 0 Å². The van der Waals surface area contributed by atoms with Gasteiger partial charge in [0, 0.05) is 36.9 Å². The van der Waals surface area contributed by atoms with Gasteiger partial charge in [0.15, 0.2) is 0 Å². The van der Waals surface area contributed by atoms with Crippen molar-refractivity contribution >= 4 is 22.8 Å². The molecule has 7 nitrogen and oxygen atoms in total. The van der Waals surface area contributed by atoms with Gasteiger partial charge >= 0.3 is 0 Å². The molecule has 0 bridgehead atoms. The highest BCUT2D eigenvalue weighted by molar-refractivity contribution is 5.78. The molecule has 0 aliphatic rings. The Labute approximate surface area is 166 Å². The molecule has 3 rings (SSSR count). The maximum atomic E-state index is 5.79. The van der Waals surface area contributed by atoms with Gasteiger partial charge < -0.3 is 15.0 Å². The lowest BCUT2D eigenvalue weighted by Crippen LogP contribution is -2.26. The molecule has 0 aliphatic carbocycles. The monoisotopic (exact) mass is 380 g/mol. The molecule has 28 heavy (non-hydrogen) atoms. The van der Waals surface area contributed by atoms with E-state index in [1.807, 2.05) is 42.8 Å². The highest BCUT2D eigenvalue weighted by atomic mass is 16.5. The van der Waals surface area contributed by atoms with Crippen molar-refractivity contribution in [3.05, 3.63) is 48.4 Å². The van der Waals surface area contributed by atoms with Crippen LogP contribution in [0.4, 0.5) is 11.6 Å². The minimum absolute atomic E-state index is 0.525. The maximum Gasteiger partial charge on any atom is 0.228 e. The SMILES string of the molecule is C=C(Nc1ccn2nc(C)cc2c1)c1cnc(N(CC)CCC)nc1OCC. The predicted molar refractivity (Wildman–Crippen MR) is 114 cm³/mol. The Bertz CT molecular complexity index is 965. The Balaban J connectivity index is 1.86. The molecule has 0 saturated heterocycles. The number of nitrogens with zero attached hydrogens (tertiary/aromatic N) is 5. The minimum Gasteiger partial charge on any atom is -0.477 e. The molecule has 0 saturated carbocycles. The van der Waals surface area contributed by atoms with Gasteiger partial charge in [-0.25, -0.2) is 9.50 Å². The summed E-state index contributed by atoms with van der Waals surface area (Å²) < 4.78 is 7.64. The van der Waals surface area contributed by atoms with E-state index >= 15 is 0 Å². The molecule has 3 heterocycles. The molecule has 3 aromatic heterocycles. The molecule has 3 aromatic rings. The second-order valence-electron chi connectivity index (χ2n) is 6.58. The van der Waals surface area contributed by atoms with E-state index in [0.717, 1.165) is 42.0 Å². The van der Waals surface area contributed by atoms with Gasteiger partial charge in [0.25, 0.3) is 0 Å². The maximum absolute atomic E-state index is 5.79. The van der Waals surface area contributed by atoms with Crippen LogP contribution >= 0.6 is 0 Å². The number of pyridine rings is 1. The van der Waals surface area contributed by atoms with Crippen LogP contribution < -0.4 is 15.0 Å². The standard InChI is InChI=1S/C21H28N6O/c1-6-10-26(7-2)21-22-14-19(20(24-21)28-8-3)16(5)23-17-9-11-27-18(13-17)12-15(4)25-27/h9,11-14,23H,5-8,10H2,1-4H3. The lowest BCUT2D eigenvalue weighted by atomic mass is 10.2. The summed E-state index contributed by atoms with van der Waals surface area (Å²) in [6.07, 6.45) is 4.74. The van der Waals surface area contributed by atoms with E-state index in [1.165, 1.54) is 0 Å². The third kappa shape index (κ3) is 4.24. The summed E-state index contributed by atoms with van der Waals surface area (Å²) in [6, 6.07) is 6.02. The van der Waals surface area contributed by atoms with Crippen LogP contribution in [0.3, 0.4) is 0 Å². The number of aromatic nitrogens is 4. The van der Waals surface area contributed by atoms with E-state index in [1.54, 1.807) is 6.20 Å². The van der Waals surface area contributed by atoms with Crippen LogP contribution in [0.2, 0.25) is 0 Å². The van der Waals surface area contributed by atoms with Gasteiger partial charge in [0.1, 0.15) is 0 Å². The van der Waals surface area contributed by atoms with Crippen molar-refractivity contribution < 1.29 is 4.74 Å². The van der Waals surface area contributed by atoms with Crippen LogP contribution in [0.5, 0.6) is 5.88 Å². The second kappa shape index (κ2) is 8.73. The summed E-state index contributed by atoms with van der Waals surface area (Å²) in [6.45, 7) is 14.6. The zero-order valence-electron chi connectivity index (χ0n) is 17.1. The number of anilines is 2. The molecule has 0 spiro atoms. The first-order valence-corrected chi connectivity index (χ1v) is 9.72. The molecule has 0 aliphatic heterocycles. The largest absolute Gasteiger partial charge is 0.477 e. The highest BCUT2D eigenvalue weighted by Crippen LogP contribution is 2.26. The summed E-state index contributed by atoms with van der Waals surface area (Å²) in [5.74, 6) is 1.22. The normalized spacial score (nSPS) is 10.9. The molecule has 0 radical (unpaired) electrons. The average Bonchev–Trinajstić information content (AvgIpc) is 3.05. The molecule has 0 aromatic carbocycles. The lowest BCUT2D eigenvalue weighted by Gasteiger charge is -2.21. The summed E-state index contributed by atoms with van der Waals surface area (Å²) in [4.78, 5) is 11.3. The summed E-state index contributed by atoms with van der Waals surface area (Å²) in [5.41, 5.74) is 4.36. The van der Waals surface area contributed by atoms with Crippen molar-refractivity contribution in [3.8, 4) is 5.88 Å². The molecular formula is C21H28N6O. The number of hydrogen-bond acceptors (Lipinski definition) is 6. The van der Waals surface area contributed by atoms with Crippen LogP contribution in [0.1, 0.15) is 38.4 Å². The molecule has 0 unspecified atom stereocenters. The molecule has 1 N–H and O–H groups in total. The summed E-state index contributed by atoms with van der Waals surface area (Å²) in [5, 5.41) is 7.74. The Morgan fingerprint density at radius 2 is 2.11 bits per heavy atom. The first-order valence-electron chi connectivity index (χ1n) is 9.72. The fourth-order valence-corrected chi connectivity index (χ4v) is 3.07. The zero-order valence-corrected chi connectivity index (χ0v) is 17.1. The first kappa shape index (κ1) is 19.7. The Morgan fingerprint density at radius 3 is 2.82 bits per heavy atom. The molecule has 0 fully saturated rings. The van der Waals surface area contributed by atoms with Crippen molar-refractivity contribution in [1.82, 2.24) is 19.6 Å². The third-order valence-corrected chi connectivity index (χ3v) is 4.39. The molecule has 148 valence electrons. The van der Waals surface area contributed by atoms with Crippen LogP contribution in [0.15, 0.2) is 37.2 Å². The fraction of sp³-hybridized carbons (Fsp3) is 0.381. The number of nitrogens with one attached hydrogen (secondary N) is 1. The summed E-state index contributed by atoms with van der Waals surface area (Å²) >= 11 is 0. The van der Waals surface area contributed by atoms with Crippen LogP contribution in [0, 0.1) is 6.92 Å². The van der Waals surface area contributed by atoms with E-state index in [9.17, 15) is 0 Å². The Morgan fingerprint density at radius 1 is 1.29 bits per heavy atom. The minimum atomic E-state index is 0.525. The van der Waals surface area contributed by atoms with Crippen molar-refractivity contribution in [2.75, 3.05) is 29.9 Å². The smallest absolute Gasteiger partial charge is 0.228 e. The van der Waals surface area contributed by atoms with Crippen LogP contribution in [-0.2, 0) is 0 Å². The van der Waals surface area contributed by atoms with Gasteiger partial charge in [-0.05, 0) is 45.4 Å². The molecular weight excluding hydrogens is 352 g/mol. The van der Waals surface area contributed by atoms with Gasteiger partial charge in [0.05, 0.1) is 23.4 Å². The Kier molecular flexibility index (Phi) is 6.13. The highest BCUT2D eigenvalue weighted by Gasteiger charge is 2.15. The quantitative estimate of drug-likeness (QED) is 0.601. The van der Waals surface area contributed by atoms with E-state index in [2.05, 4.69) is 45.7 Å². The van der Waals surface area contributed by atoms with Crippen molar-refractivity contribution in [2.45, 2.75) is 34.1 Å². The summed E-state index contributed by atoms with van der Waals surface area (Å²) in [7, 11) is 0. The lowest BCUT2D eigenvalue weighted by molar-refractivity contribution is 0.325. The van der Waals surface area contributed by atoms with Gasteiger partial charge in [0.2, 0.25) is 11.8 Å². The third-order valence-electron chi connectivity index (χ3n) is 4.39. The molecule has 7 heteroatoms. The van der Waals surface area contributed by atoms with E-state index in [0.29, 0.717) is 24.1 Å². The number of rotatable bonds is 9. The van der Waals surface area contributed by atoms with E-state index in [4.69, 9.17) is 4.74 Å². The first-order chi connectivity index (χ1) is 13.5. The number of ether oxygens (including phenoxy) is 1. The van der Waals surface area contributed by atoms with Gasteiger partial charge in [-0.15, -0.1) is 0 Å². The van der Waals surface area contributed by atoms with Gasteiger partial charge in [-0.3, -0.25) is 0 Å². The second-order valence-corrected chi connectivity index (χ2v) is 6.58. The van der Waals surface area contributed by atoms with Crippen molar-refractivity contribution in [3.63, 3.8) is 0 Å². The topological polar surface area (TPSA) is 67.6 Å². The van der Waals surface area contributed by atoms with Crippen LogP contribution in [-0.4, -0.2) is 39.3 Å². The zero-order chi connectivity index (χ0) is 20.1. The average molecular weight is 380 g/mol. The number of fused-ring (bicyclic) bond motifs is 1. The van der Waals surface area contributed by atoms with E-state index < -0.39 is 0 Å². The predicted octanol–water partition coefficient (Wildman–Crippen LogP) is 4.15. The number of aryl methyl sites for hydroxylation is 1. The molecule has 0 atom stereocenters. The molecule has 0 amide bonds. The van der Waals surface area contributed by atoms with Gasteiger partial charge in [-0.1, -0.05) is 13.5 Å². The van der Waals surface area contributed by atoms with E-state index in [-0.39, 0.29) is 0 Å².